The maximum Gasteiger partial charge on any atom is 0.252 e. The standard InChI is InChI=1S/C13H12N2O2/c1-8(16)11(13(14)17)6-9-7-15-12-5-3-2-4-10(9)12/h2-7,15H,1H3,(H2,14,17). The fourth-order valence-electron chi connectivity index (χ4n) is 1.72. The molecule has 1 aromatic carbocycles. The minimum absolute atomic E-state index is 0.00903. The molecule has 2 rings (SSSR count). The minimum Gasteiger partial charge on any atom is -0.365 e. The number of aromatic amines is 1. The number of aromatic nitrogens is 1. The van der Waals surface area contributed by atoms with E-state index in [1.54, 1.807) is 6.20 Å². The Kier molecular flexibility index (Phi) is 2.78. The Morgan fingerprint density at radius 2 is 2.00 bits per heavy atom. The molecule has 2 aromatic rings. The largest absolute Gasteiger partial charge is 0.365 e. The quantitative estimate of drug-likeness (QED) is 0.476. The van der Waals surface area contributed by atoms with E-state index in [1.807, 2.05) is 24.3 Å². The second kappa shape index (κ2) is 4.25. The molecule has 0 unspecified atom stereocenters. The van der Waals surface area contributed by atoms with Crippen LogP contribution in [0.4, 0.5) is 0 Å². The van der Waals surface area contributed by atoms with Crippen LogP contribution in [0.3, 0.4) is 0 Å². The molecule has 86 valence electrons. The van der Waals surface area contributed by atoms with Gasteiger partial charge in [0.1, 0.15) is 0 Å². The van der Waals surface area contributed by atoms with Gasteiger partial charge in [0.05, 0.1) is 5.57 Å². The third kappa shape index (κ3) is 2.10. The lowest BCUT2D eigenvalue weighted by molar-refractivity contribution is -0.119. The molecule has 0 aliphatic rings. The molecular weight excluding hydrogens is 216 g/mol. The summed E-state index contributed by atoms with van der Waals surface area (Å²) in [5.74, 6) is -1.04. The van der Waals surface area contributed by atoms with E-state index in [9.17, 15) is 9.59 Å². The summed E-state index contributed by atoms with van der Waals surface area (Å²) in [6, 6.07) is 7.64. The molecule has 3 N–H and O–H groups in total. The summed E-state index contributed by atoms with van der Waals surface area (Å²) in [4.78, 5) is 25.5. The van der Waals surface area contributed by atoms with E-state index in [1.165, 1.54) is 13.0 Å². The number of amides is 1. The van der Waals surface area contributed by atoms with E-state index in [0.717, 1.165) is 16.5 Å². The lowest BCUT2D eigenvalue weighted by Crippen LogP contribution is -2.18. The fourth-order valence-corrected chi connectivity index (χ4v) is 1.72. The van der Waals surface area contributed by atoms with Gasteiger partial charge in [-0.3, -0.25) is 9.59 Å². The molecule has 0 aliphatic heterocycles. The van der Waals surface area contributed by atoms with Gasteiger partial charge in [-0.15, -0.1) is 0 Å². The molecule has 0 bridgehead atoms. The summed E-state index contributed by atoms with van der Waals surface area (Å²) in [7, 11) is 0. The van der Waals surface area contributed by atoms with Gasteiger partial charge >= 0.3 is 0 Å². The van der Waals surface area contributed by atoms with Gasteiger partial charge in [0.2, 0.25) is 0 Å². The minimum atomic E-state index is -0.706. The predicted molar refractivity (Wildman–Crippen MR) is 66.2 cm³/mol. The van der Waals surface area contributed by atoms with Gasteiger partial charge in [-0.1, -0.05) is 18.2 Å². The van der Waals surface area contributed by atoms with Gasteiger partial charge in [-0.05, 0) is 19.1 Å². The van der Waals surface area contributed by atoms with Gasteiger partial charge in [-0.2, -0.15) is 0 Å². The Morgan fingerprint density at radius 1 is 1.29 bits per heavy atom. The lowest BCUT2D eigenvalue weighted by Gasteiger charge is -1.97. The average Bonchev–Trinajstić information content (AvgIpc) is 2.68. The van der Waals surface area contributed by atoms with Crippen molar-refractivity contribution >= 4 is 28.7 Å². The van der Waals surface area contributed by atoms with Crippen LogP contribution in [0.2, 0.25) is 0 Å². The molecule has 0 radical (unpaired) electrons. The first kappa shape index (κ1) is 11.1. The summed E-state index contributed by atoms with van der Waals surface area (Å²) in [6.07, 6.45) is 3.26. The van der Waals surface area contributed by atoms with Crippen molar-refractivity contribution in [1.82, 2.24) is 4.98 Å². The summed E-state index contributed by atoms with van der Waals surface area (Å²) < 4.78 is 0. The number of ketones is 1. The van der Waals surface area contributed by atoms with Gasteiger partial charge < -0.3 is 10.7 Å². The second-order valence-electron chi connectivity index (χ2n) is 3.77. The number of Topliss-reactive ketones (excluding diaryl/α,β-unsaturated/α-hetero) is 1. The Bertz CT molecular complexity index is 607. The van der Waals surface area contributed by atoms with Crippen LogP contribution < -0.4 is 5.73 Å². The predicted octanol–water partition coefficient (Wildman–Crippen LogP) is 1.63. The number of hydrogen-bond donors (Lipinski definition) is 2. The third-order valence-electron chi connectivity index (χ3n) is 2.57. The molecule has 17 heavy (non-hydrogen) atoms. The molecule has 0 saturated carbocycles. The normalized spacial score (nSPS) is 11.7. The smallest absolute Gasteiger partial charge is 0.252 e. The molecule has 4 heteroatoms. The zero-order chi connectivity index (χ0) is 12.4. The van der Waals surface area contributed by atoms with Gasteiger partial charge in [-0.25, -0.2) is 0 Å². The SMILES string of the molecule is CC(=O)C(=Cc1c[nH]c2ccccc12)C(N)=O. The number of para-hydroxylation sites is 1. The molecule has 1 aromatic heterocycles. The maximum atomic E-state index is 11.3. The van der Waals surface area contributed by atoms with Crippen molar-refractivity contribution in [3.63, 3.8) is 0 Å². The van der Waals surface area contributed by atoms with Crippen molar-refractivity contribution in [2.45, 2.75) is 6.92 Å². The monoisotopic (exact) mass is 228 g/mol. The first-order valence-electron chi connectivity index (χ1n) is 5.18. The van der Waals surface area contributed by atoms with Crippen LogP contribution in [0.5, 0.6) is 0 Å². The zero-order valence-electron chi connectivity index (χ0n) is 9.36. The topological polar surface area (TPSA) is 75.9 Å². The number of carbonyl (C=O) groups is 2. The molecule has 1 amide bonds. The number of nitrogens with two attached hydrogens (primary N) is 1. The Balaban J connectivity index is 2.57. The Morgan fingerprint density at radius 3 is 2.65 bits per heavy atom. The maximum absolute atomic E-state index is 11.3. The van der Waals surface area contributed by atoms with Crippen LogP contribution in [0.1, 0.15) is 12.5 Å². The van der Waals surface area contributed by atoms with Crippen molar-refractivity contribution in [1.29, 1.82) is 0 Å². The van der Waals surface area contributed by atoms with Gasteiger partial charge in [0, 0.05) is 22.7 Å². The lowest BCUT2D eigenvalue weighted by atomic mass is 10.1. The molecule has 4 nitrogen and oxygen atoms in total. The van der Waals surface area contributed by atoms with Gasteiger partial charge in [0.25, 0.3) is 5.91 Å². The second-order valence-corrected chi connectivity index (χ2v) is 3.77. The highest BCUT2D eigenvalue weighted by Gasteiger charge is 2.11. The Hall–Kier alpha value is -2.36. The summed E-state index contributed by atoms with van der Waals surface area (Å²) >= 11 is 0. The van der Waals surface area contributed by atoms with Crippen LogP contribution in [0, 0.1) is 0 Å². The number of hydrogen-bond acceptors (Lipinski definition) is 2. The number of nitrogens with one attached hydrogen (secondary N) is 1. The van der Waals surface area contributed by atoms with Crippen LogP contribution in [0.15, 0.2) is 36.0 Å². The van der Waals surface area contributed by atoms with Crippen molar-refractivity contribution in [3.05, 3.63) is 41.6 Å². The van der Waals surface area contributed by atoms with Crippen molar-refractivity contribution in [3.8, 4) is 0 Å². The molecule has 0 aliphatic carbocycles. The highest BCUT2D eigenvalue weighted by Crippen LogP contribution is 2.20. The molecule has 0 saturated heterocycles. The van der Waals surface area contributed by atoms with E-state index >= 15 is 0 Å². The average molecular weight is 228 g/mol. The Labute approximate surface area is 98.1 Å². The number of fused-ring (bicyclic) bond motifs is 1. The van der Waals surface area contributed by atoms with E-state index in [4.69, 9.17) is 5.73 Å². The van der Waals surface area contributed by atoms with Crippen molar-refractivity contribution in [2.24, 2.45) is 5.73 Å². The first-order chi connectivity index (χ1) is 8.09. The highest BCUT2D eigenvalue weighted by atomic mass is 16.2. The van der Waals surface area contributed by atoms with Crippen LogP contribution in [-0.2, 0) is 9.59 Å². The summed E-state index contributed by atoms with van der Waals surface area (Å²) in [6.45, 7) is 1.32. The molecule has 0 atom stereocenters. The molecule has 0 spiro atoms. The number of primary amides is 1. The first-order valence-corrected chi connectivity index (χ1v) is 5.18. The van der Waals surface area contributed by atoms with E-state index in [0.29, 0.717) is 0 Å². The van der Waals surface area contributed by atoms with E-state index in [-0.39, 0.29) is 11.4 Å². The molecule has 1 heterocycles. The number of rotatable bonds is 3. The number of carbonyl (C=O) groups excluding carboxylic acids is 2. The summed E-state index contributed by atoms with van der Waals surface area (Å²) in [5, 5.41) is 0.951. The zero-order valence-corrected chi connectivity index (χ0v) is 9.36. The van der Waals surface area contributed by atoms with E-state index in [2.05, 4.69) is 4.98 Å². The van der Waals surface area contributed by atoms with Crippen LogP contribution in [-0.4, -0.2) is 16.7 Å². The van der Waals surface area contributed by atoms with Crippen LogP contribution >= 0.6 is 0 Å². The van der Waals surface area contributed by atoms with Gasteiger partial charge in [0.15, 0.2) is 5.78 Å². The van der Waals surface area contributed by atoms with Crippen LogP contribution in [0.25, 0.3) is 17.0 Å². The fraction of sp³-hybridized carbons (Fsp3) is 0.0769. The number of H-pyrrole nitrogens is 1. The molecular formula is C13H12N2O2. The van der Waals surface area contributed by atoms with Crippen molar-refractivity contribution < 1.29 is 9.59 Å². The number of benzene rings is 1. The van der Waals surface area contributed by atoms with Crippen molar-refractivity contribution in [2.75, 3.05) is 0 Å². The third-order valence-corrected chi connectivity index (χ3v) is 2.57. The molecule has 0 fully saturated rings. The van der Waals surface area contributed by atoms with E-state index < -0.39 is 5.91 Å². The highest BCUT2D eigenvalue weighted by molar-refractivity contribution is 6.21. The summed E-state index contributed by atoms with van der Waals surface area (Å²) in [5.41, 5.74) is 6.90.